The van der Waals surface area contributed by atoms with Crippen LogP contribution in [0.5, 0.6) is 0 Å². The lowest BCUT2D eigenvalue weighted by Crippen LogP contribution is -2.51. The number of ether oxygens (including phenoxy) is 1. The Kier molecular flexibility index (Phi) is 6.65. The highest BCUT2D eigenvalue weighted by Crippen LogP contribution is 2.22. The quantitative estimate of drug-likeness (QED) is 0.798. The molecule has 0 spiro atoms. The first-order chi connectivity index (χ1) is 9.01. The van der Waals surface area contributed by atoms with E-state index in [1.54, 1.807) is 23.6 Å². The molecular formula is C13H24N2O3S. The summed E-state index contributed by atoms with van der Waals surface area (Å²) in [5.74, 6) is 1.06. The largest absolute Gasteiger partial charge is 0.369 e. The van der Waals surface area contributed by atoms with E-state index in [4.69, 9.17) is 4.74 Å². The van der Waals surface area contributed by atoms with Gasteiger partial charge in [0.05, 0.1) is 5.88 Å². The molecule has 5 nitrogen and oxygen atoms in total. The lowest BCUT2D eigenvalue weighted by atomic mass is 10.2. The van der Waals surface area contributed by atoms with Crippen LogP contribution >= 0.6 is 11.8 Å². The van der Waals surface area contributed by atoms with E-state index in [0.29, 0.717) is 18.2 Å². The zero-order valence-electron chi connectivity index (χ0n) is 12.1. The monoisotopic (exact) mass is 288 g/mol. The normalized spacial score (nSPS) is 22.1. The number of nitrogens with one attached hydrogen (secondary N) is 1. The summed E-state index contributed by atoms with van der Waals surface area (Å²) >= 11 is 1.61. The first kappa shape index (κ1) is 16.3. The number of hydrogen-bond acceptors (Lipinski definition) is 4. The molecule has 0 aliphatic carbocycles. The third kappa shape index (κ3) is 4.38. The molecule has 110 valence electrons. The van der Waals surface area contributed by atoms with E-state index >= 15 is 0 Å². The topological polar surface area (TPSA) is 58.6 Å². The van der Waals surface area contributed by atoms with E-state index in [1.807, 2.05) is 20.8 Å². The first-order valence-electron chi connectivity index (χ1n) is 6.81. The van der Waals surface area contributed by atoms with Crippen molar-refractivity contribution in [1.29, 1.82) is 0 Å². The van der Waals surface area contributed by atoms with Gasteiger partial charge in [-0.25, -0.2) is 0 Å². The predicted molar refractivity (Wildman–Crippen MR) is 76.9 cm³/mol. The molecule has 1 saturated heterocycles. The maximum atomic E-state index is 12.2. The van der Waals surface area contributed by atoms with Crippen molar-refractivity contribution in [2.75, 3.05) is 18.2 Å². The SMILES string of the molecule is CCO[C@H](C)C(=O)N1CSC[C@H]1C(=O)N[C@H](C)CC. The van der Waals surface area contributed by atoms with E-state index in [2.05, 4.69) is 5.32 Å². The van der Waals surface area contributed by atoms with Crippen molar-refractivity contribution in [3.05, 3.63) is 0 Å². The molecule has 0 bridgehead atoms. The molecule has 0 aromatic carbocycles. The molecule has 0 aromatic heterocycles. The van der Waals surface area contributed by atoms with Gasteiger partial charge in [-0.05, 0) is 27.2 Å². The smallest absolute Gasteiger partial charge is 0.252 e. The second-order valence-corrected chi connectivity index (χ2v) is 5.74. The summed E-state index contributed by atoms with van der Waals surface area (Å²) in [6, 6.07) is -0.228. The lowest BCUT2D eigenvalue weighted by Gasteiger charge is -2.26. The Labute approximate surface area is 119 Å². The lowest BCUT2D eigenvalue weighted by molar-refractivity contribution is -0.146. The molecule has 0 aromatic rings. The van der Waals surface area contributed by atoms with Gasteiger partial charge in [0.25, 0.3) is 5.91 Å². The summed E-state index contributed by atoms with van der Waals surface area (Å²) in [6.07, 6.45) is 0.400. The molecular weight excluding hydrogens is 264 g/mol. The molecule has 1 aliphatic heterocycles. The van der Waals surface area contributed by atoms with Crippen LogP contribution in [0.2, 0.25) is 0 Å². The van der Waals surface area contributed by atoms with Gasteiger partial charge >= 0.3 is 0 Å². The number of rotatable bonds is 6. The minimum absolute atomic E-state index is 0.0589. The fourth-order valence-electron chi connectivity index (χ4n) is 1.87. The van der Waals surface area contributed by atoms with Crippen LogP contribution in [0.1, 0.15) is 34.1 Å². The van der Waals surface area contributed by atoms with Crippen LogP contribution in [-0.2, 0) is 14.3 Å². The van der Waals surface area contributed by atoms with Gasteiger partial charge in [-0.15, -0.1) is 11.8 Å². The third-order valence-electron chi connectivity index (χ3n) is 3.23. The Morgan fingerprint density at radius 1 is 1.42 bits per heavy atom. The van der Waals surface area contributed by atoms with E-state index in [9.17, 15) is 9.59 Å². The molecule has 19 heavy (non-hydrogen) atoms. The van der Waals surface area contributed by atoms with Crippen LogP contribution in [0, 0.1) is 0 Å². The molecule has 1 fully saturated rings. The van der Waals surface area contributed by atoms with Gasteiger partial charge in [-0.3, -0.25) is 9.59 Å². The summed E-state index contributed by atoms with van der Waals surface area (Å²) in [4.78, 5) is 26.0. The van der Waals surface area contributed by atoms with Gasteiger partial charge in [0.15, 0.2) is 0 Å². The minimum atomic E-state index is -0.484. The van der Waals surface area contributed by atoms with Crippen molar-refractivity contribution in [3.63, 3.8) is 0 Å². The Hall–Kier alpha value is -0.750. The van der Waals surface area contributed by atoms with Crippen LogP contribution in [0.4, 0.5) is 0 Å². The predicted octanol–water partition coefficient (Wildman–Crippen LogP) is 1.23. The van der Waals surface area contributed by atoms with Crippen LogP contribution in [-0.4, -0.2) is 53.1 Å². The maximum Gasteiger partial charge on any atom is 0.252 e. The highest BCUT2D eigenvalue weighted by Gasteiger charge is 2.36. The minimum Gasteiger partial charge on any atom is -0.369 e. The number of thioether (sulfide) groups is 1. The standard InChI is InChI=1S/C13H24N2O3S/c1-5-9(3)14-12(16)11-7-19-8-15(11)13(17)10(4)18-6-2/h9-11H,5-8H2,1-4H3,(H,14,16)/t9-,10-,11+/m1/s1. The number of hydrogen-bond donors (Lipinski definition) is 1. The average Bonchev–Trinajstić information content (AvgIpc) is 2.87. The molecule has 3 atom stereocenters. The maximum absolute atomic E-state index is 12.2. The molecule has 2 amide bonds. The molecule has 0 saturated carbocycles. The highest BCUT2D eigenvalue weighted by molar-refractivity contribution is 7.99. The van der Waals surface area contributed by atoms with Crippen LogP contribution < -0.4 is 5.32 Å². The Morgan fingerprint density at radius 2 is 2.11 bits per heavy atom. The summed E-state index contributed by atoms with van der Waals surface area (Å²) < 4.78 is 5.31. The fourth-order valence-corrected chi connectivity index (χ4v) is 3.04. The van der Waals surface area contributed by atoms with Crippen LogP contribution in [0.3, 0.4) is 0 Å². The molecule has 6 heteroatoms. The second kappa shape index (κ2) is 7.75. The molecule has 1 N–H and O–H groups in total. The number of carbonyl (C=O) groups is 2. The van der Waals surface area contributed by atoms with Crippen molar-refractivity contribution < 1.29 is 14.3 Å². The van der Waals surface area contributed by atoms with Gasteiger partial charge in [0.2, 0.25) is 5.91 Å². The fraction of sp³-hybridized carbons (Fsp3) is 0.846. The Morgan fingerprint density at radius 3 is 2.68 bits per heavy atom. The summed E-state index contributed by atoms with van der Waals surface area (Å²) in [7, 11) is 0. The van der Waals surface area contributed by atoms with E-state index in [1.165, 1.54) is 0 Å². The van der Waals surface area contributed by atoms with Crippen molar-refractivity contribution in [3.8, 4) is 0 Å². The first-order valence-corrected chi connectivity index (χ1v) is 7.96. The molecule has 0 radical (unpaired) electrons. The van der Waals surface area contributed by atoms with E-state index in [-0.39, 0.29) is 23.9 Å². The third-order valence-corrected chi connectivity index (χ3v) is 4.25. The van der Waals surface area contributed by atoms with Crippen molar-refractivity contribution >= 4 is 23.6 Å². The highest BCUT2D eigenvalue weighted by atomic mass is 32.2. The summed E-state index contributed by atoms with van der Waals surface area (Å²) in [5.41, 5.74) is 0. The number of amides is 2. The van der Waals surface area contributed by atoms with Crippen LogP contribution in [0.15, 0.2) is 0 Å². The molecule has 1 rings (SSSR count). The zero-order valence-corrected chi connectivity index (χ0v) is 13.0. The van der Waals surface area contributed by atoms with Gasteiger partial charge in [0, 0.05) is 18.4 Å². The Bertz CT molecular complexity index is 325. The number of nitrogens with zero attached hydrogens (tertiary/aromatic N) is 1. The van der Waals surface area contributed by atoms with Crippen molar-refractivity contribution in [2.45, 2.75) is 52.3 Å². The van der Waals surface area contributed by atoms with Gasteiger partial charge in [-0.1, -0.05) is 6.92 Å². The van der Waals surface area contributed by atoms with Gasteiger partial charge in [0.1, 0.15) is 12.1 Å². The zero-order chi connectivity index (χ0) is 14.4. The summed E-state index contributed by atoms with van der Waals surface area (Å²) in [6.45, 7) is 8.08. The Balaban J connectivity index is 2.63. The van der Waals surface area contributed by atoms with Gasteiger partial charge in [-0.2, -0.15) is 0 Å². The van der Waals surface area contributed by atoms with Crippen LogP contribution in [0.25, 0.3) is 0 Å². The van der Waals surface area contributed by atoms with Crippen molar-refractivity contribution in [2.24, 2.45) is 0 Å². The average molecular weight is 288 g/mol. The second-order valence-electron chi connectivity index (χ2n) is 4.74. The number of carbonyl (C=O) groups excluding carboxylic acids is 2. The molecule has 1 heterocycles. The van der Waals surface area contributed by atoms with E-state index in [0.717, 1.165) is 6.42 Å². The molecule has 1 aliphatic rings. The summed E-state index contributed by atoms with van der Waals surface area (Å²) in [5, 5.41) is 2.94. The van der Waals surface area contributed by atoms with E-state index < -0.39 is 6.10 Å². The van der Waals surface area contributed by atoms with Gasteiger partial charge < -0.3 is 15.0 Å². The molecule has 0 unspecified atom stereocenters. The van der Waals surface area contributed by atoms with Crippen molar-refractivity contribution in [1.82, 2.24) is 10.2 Å².